The molecule has 1 N–H and O–H groups in total. The summed E-state index contributed by atoms with van der Waals surface area (Å²) in [5, 5.41) is 2.64. The van der Waals surface area contributed by atoms with Crippen LogP contribution in [0.1, 0.15) is 18.4 Å². The van der Waals surface area contributed by atoms with Gasteiger partial charge in [-0.1, -0.05) is 12.1 Å². The van der Waals surface area contributed by atoms with Gasteiger partial charge < -0.3 is 14.8 Å². The summed E-state index contributed by atoms with van der Waals surface area (Å²) in [5.74, 6) is -1.13. The quantitative estimate of drug-likeness (QED) is 0.801. The van der Waals surface area contributed by atoms with Crippen molar-refractivity contribution in [1.82, 2.24) is 5.32 Å². The molecule has 0 aliphatic carbocycles. The van der Waals surface area contributed by atoms with Crippen molar-refractivity contribution in [3.63, 3.8) is 0 Å². The maximum atomic E-state index is 12.7. The zero-order valence-electron chi connectivity index (χ0n) is 11.6. The van der Waals surface area contributed by atoms with Crippen LogP contribution in [0.3, 0.4) is 0 Å². The highest BCUT2D eigenvalue weighted by Gasteiger charge is 2.25. The Hall–Kier alpha value is -1.95. The van der Waals surface area contributed by atoms with E-state index in [4.69, 9.17) is 9.47 Å². The topological polar surface area (TPSA) is 64.6 Å². The van der Waals surface area contributed by atoms with Crippen LogP contribution in [0.4, 0.5) is 4.39 Å². The number of carbonyl (C=O) groups excluding carboxylic acids is 2. The fourth-order valence-electron chi connectivity index (χ4n) is 2.04. The zero-order chi connectivity index (χ0) is 15.1. The standard InChI is InChI=1S/C15H18FNO4/c16-12-5-3-11(4-6-12)7-8-17-14(18)10-21-15(19)13-2-1-9-20-13/h3-6,13H,1-2,7-10H2,(H,17,18)/t13-/m1/s1. The average molecular weight is 295 g/mol. The van der Waals surface area contributed by atoms with Crippen LogP contribution in [-0.2, 0) is 25.5 Å². The summed E-state index contributed by atoms with van der Waals surface area (Å²) in [7, 11) is 0. The van der Waals surface area contributed by atoms with Gasteiger partial charge in [-0.25, -0.2) is 9.18 Å². The van der Waals surface area contributed by atoms with Gasteiger partial charge in [0.15, 0.2) is 12.7 Å². The van der Waals surface area contributed by atoms with Crippen molar-refractivity contribution < 1.29 is 23.5 Å². The monoisotopic (exact) mass is 295 g/mol. The van der Waals surface area contributed by atoms with Crippen molar-refractivity contribution in [3.8, 4) is 0 Å². The first-order chi connectivity index (χ1) is 10.1. The van der Waals surface area contributed by atoms with E-state index in [0.717, 1.165) is 12.0 Å². The molecule has 1 aromatic carbocycles. The highest BCUT2D eigenvalue weighted by Crippen LogP contribution is 2.13. The third kappa shape index (κ3) is 5.15. The van der Waals surface area contributed by atoms with E-state index in [9.17, 15) is 14.0 Å². The van der Waals surface area contributed by atoms with Crippen molar-refractivity contribution in [2.24, 2.45) is 0 Å². The van der Waals surface area contributed by atoms with Gasteiger partial charge in [0.2, 0.25) is 0 Å². The molecule has 0 spiro atoms. The third-order valence-electron chi connectivity index (χ3n) is 3.19. The van der Waals surface area contributed by atoms with Gasteiger partial charge >= 0.3 is 5.97 Å². The third-order valence-corrected chi connectivity index (χ3v) is 3.19. The fourth-order valence-corrected chi connectivity index (χ4v) is 2.04. The highest BCUT2D eigenvalue weighted by molar-refractivity contribution is 5.82. The summed E-state index contributed by atoms with van der Waals surface area (Å²) in [6.07, 6.45) is 1.54. The van der Waals surface area contributed by atoms with E-state index in [0.29, 0.717) is 26.0 Å². The number of benzene rings is 1. The predicted octanol–water partition coefficient (Wildman–Crippen LogP) is 1.21. The number of amides is 1. The van der Waals surface area contributed by atoms with E-state index >= 15 is 0 Å². The number of rotatable bonds is 6. The number of hydrogen-bond donors (Lipinski definition) is 1. The number of carbonyl (C=O) groups is 2. The van der Waals surface area contributed by atoms with Crippen LogP contribution in [0.25, 0.3) is 0 Å². The number of nitrogens with one attached hydrogen (secondary N) is 1. The average Bonchev–Trinajstić information content (AvgIpc) is 3.01. The molecule has 0 aromatic heterocycles. The molecule has 1 amide bonds. The van der Waals surface area contributed by atoms with Crippen LogP contribution >= 0.6 is 0 Å². The van der Waals surface area contributed by atoms with Crippen molar-refractivity contribution in [3.05, 3.63) is 35.6 Å². The summed E-state index contributed by atoms with van der Waals surface area (Å²) in [4.78, 5) is 23.0. The summed E-state index contributed by atoms with van der Waals surface area (Å²) in [6.45, 7) is 0.660. The summed E-state index contributed by atoms with van der Waals surface area (Å²) >= 11 is 0. The smallest absolute Gasteiger partial charge is 0.335 e. The van der Waals surface area contributed by atoms with Gasteiger partial charge in [-0.3, -0.25) is 4.79 Å². The molecule has 114 valence electrons. The molecule has 2 rings (SSSR count). The molecular formula is C15H18FNO4. The lowest BCUT2D eigenvalue weighted by atomic mass is 10.1. The molecule has 21 heavy (non-hydrogen) atoms. The van der Waals surface area contributed by atoms with E-state index in [1.54, 1.807) is 12.1 Å². The minimum Gasteiger partial charge on any atom is -0.454 e. The second-order valence-corrected chi connectivity index (χ2v) is 4.84. The number of ether oxygens (including phenoxy) is 2. The van der Waals surface area contributed by atoms with Crippen LogP contribution in [0.5, 0.6) is 0 Å². The van der Waals surface area contributed by atoms with Gasteiger partial charge in [-0.2, -0.15) is 0 Å². The minimum atomic E-state index is -0.531. The second kappa shape index (κ2) is 7.73. The number of esters is 1. The van der Waals surface area contributed by atoms with Gasteiger partial charge in [0.1, 0.15) is 5.82 Å². The molecule has 0 saturated carbocycles. The lowest BCUT2D eigenvalue weighted by Crippen LogP contribution is -2.32. The SMILES string of the molecule is O=C(COC(=O)[C@H]1CCCO1)NCCc1ccc(F)cc1. The Labute approximate surface area is 122 Å². The van der Waals surface area contributed by atoms with E-state index in [-0.39, 0.29) is 18.3 Å². The molecule has 1 saturated heterocycles. The first kappa shape index (κ1) is 15.4. The molecule has 5 nitrogen and oxygen atoms in total. The van der Waals surface area contributed by atoms with E-state index in [1.165, 1.54) is 12.1 Å². The maximum absolute atomic E-state index is 12.7. The summed E-state index contributed by atoms with van der Waals surface area (Å²) in [6, 6.07) is 6.08. The highest BCUT2D eigenvalue weighted by atomic mass is 19.1. The summed E-state index contributed by atoms with van der Waals surface area (Å²) in [5.41, 5.74) is 0.924. The van der Waals surface area contributed by atoms with E-state index in [2.05, 4.69) is 5.32 Å². The molecule has 1 aliphatic heterocycles. The molecule has 1 aliphatic rings. The minimum absolute atomic E-state index is 0.288. The van der Waals surface area contributed by atoms with Crippen LogP contribution in [0, 0.1) is 5.82 Å². The Morgan fingerprint density at radius 2 is 2.10 bits per heavy atom. The van der Waals surface area contributed by atoms with Gasteiger partial charge in [-0.05, 0) is 37.0 Å². The second-order valence-electron chi connectivity index (χ2n) is 4.84. The van der Waals surface area contributed by atoms with E-state index in [1.807, 2.05) is 0 Å². The zero-order valence-corrected chi connectivity index (χ0v) is 11.6. The summed E-state index contributed by atoms with van der Waals surface area (Å²) < 4.78 is 22.8. The van der Waals surface area contributed by atoms with Crippen LogP contribution < -0.4 is 5.32 Å². The first-order valence-electron chi connectivity index (χ1n) is 6.94. The molecule has 1 aromatic rings. The number of hydrogen-bond acceptors (Lipinski definition) is 4. The molecule has 0 bridgehead atoms. The maximum Gasteiger partial charge on any atom is 0.335 e. The first-order valence-corrected chi connectivity index (χ1v) is 6.94. The Balaban J connectivity index is 1.61. The Kier molecular flexibility index (Phi) is 5.68. The fraction of sp³-hybridized carbons (Fsp3) is 0.467. The molecule has 0 radical (unpaired) electrons. The Bertz CT molecular complexity index is 483. The molecular weight excluding hydrogens is 277 g/mol. The molecule has 1 atom stereocenters. The predicted molar refractivity (Wildman–Crippen MR) is 73.0 cm³/mol. The molecule has 1 heterocycles. The van der Waals surface area contributed by atoms with Crippen molar-refractivity contribution in [1.29, 1.82) is 0 Å². The van der Waals surface area contributed by atoms with Crippen molar-refractivity contribution >= 4 is 11.9 Å². The molecule has 0 unspecified atom stereocenters. The van der Waals surface area contributed by atoms with Gasteiger partial charge in [0, 0.05) is 13.2 Å². The largest absolute Gasteiger partial charge is 0.454 e. The van der Waals surface area contributed by atoms with Crippen LogP contribution in [0.2, 0.25) is 0 Å². The van der Waals surface area contributed by atoms with E-state index < -0.39 is 12.1 Å². The van der Waals surface area contributed by atoms with Crippen molar-refractivity contribution in [2.45, 2.75) is 25.4 Å². The van der Waals surface area contributed by atoms with Crippen molar-refractivity contribution in [2.75, 3.05) is 19.8 Å². The lowest BCUT2D eigenvalue weighted by Gasteiger charge is -2.10. The van der Waals surface area contributed by atoms with Crippen LogP contribution in [-0.4, -0.2) is 37.7 Å². The number of halogens is 1. The normalized spacial score (nSPS) is 17.5. The van der Waals surface area contributed by atoms with Crippen LogP contribution in [0.15, 0.2) is 24.3 Å². The van der Waals surface area contributed by atoms with Gasteiger partial charge in [-0.15, -0.1) is 0 Å². The molecule has 6 heteroatoms. The van der Waals surface area contributed by atoms with Gasteiger partial charge in [0.05, 0.1) is 0 Å². The van der Waals surface area contributed by atoms with Gasteiger partial charge in [0.25, 0.3) is 5.91 Å². The lowest BCUT2D eigenvalue weighted by molar-refractivity contribution is -0.157. The Morgan fingerprint density at radius 3 is 2.76 bits per heavy atom. The molecule has 1 fully saturated rings. The Morgan fingerprint density at radius 1 is 1.33 bits per heavy atom.